The number of hydrogen-bond donors (Lipinski definition) is 2. The first-order valence-electron chi connectivity index (χ1n) is 7.47. The van der Waals surface area contributed by atoms with E-state index in [0.717, 1.165) is 12.8 Å². The molecular weight excluding hydrogens is 274 g/mol. The average Bonchev–Trinajstić information content (AvgIpc) is 3.06. The molecule has 1 amide bonds. The van der Waals surface area contributed by atoms with Crippen LogP contribution in [0.15, 0.2) is 12.2 Å². The minimum Gasteiger partial charge on any atom is -0.481 e. The molecule has 0 aromatic carbocycles. The fourth-order valence-electron chi connectivity index (χ4n) is 3.82. The predicted octanol–water partition coefficient (Wildman–Crippen LogP) is 1.91. The molecule has 2 bridgehead atoms. The molecular formula is C15H21NO3S. The zero-order valence-corrected chi connectivity index (χ0v) is 12.3. The second kappa shape index (κ2) is 5.80. The van der Waals surface area contributed by atoms with Crippen LogP contribution in [-0.2, 0) is 9.59 Å². The van der Waals surface area contributed by atoms with Gasteiger partial charge < -0.3 is 10.4 Å². The number of nitrogens with one attached hydrogen (secondary N) is 1. The van der Waals surface area contributed by atoms with Gasteiger partial charge >= 0.3 is 5.97 Å². The highest BCUT2D eigenvalue weighted by Gasteiger charge is 2.51. The second-order valence-corrected chi connectivity index (χ2v) is 7.48. The van der Waals surface area contributed by atoms with Gasteiger partial charge in [-0.1, -0.05) is 18.6 Å². The van der Waals surface area contributed by atoms with Crippen LogP contribution in [0.3, 0.4) is 0 Å². The summed E-state index contributed by atoms with van der Waals surface area (Å²) in [5.41, 5.74) is 0. The lowest BCUT2D eigenvalue weighted by Gasteiger charge is -2.26. The van der Waals surface area contributed by atoms with E-state index >= 15 is 0 Å². The third-order valence-corrected chi connectivity index (χ3v) is 6.22. The van der Waals surface area contributed by atoms with Crippen LogP contribution in [-0.4, -0.2) is 34.5 Å². The summed E-state index contributed by atoms with van der Waals surface area (Å²) in [7, 11) is 0. The van der Waals surface area contributed by atoms with Crippen molar-refractivity contribution in [3.8, 4) is 0 Å². The number of hydrogen-bond acceptors (Lipinski definition) is 3. The van der Waals surface area contributed by atoms with Crippen molar-refractivity contribution in [3.05, 3.63) is 12.2 Å². The molecule has 110 valence electrons. The highest BCUT2D eigenvalue weighted by molar-refractivity contribution is 7.99. The number of thioether (sulfide) groups is 1. The third-order valence-electron chi connectivity index (χ3n) is 4.83. The molecule has 3 aliphatic rings. The monoisotopic (exact) mass is 295 g/mol. The summed E-state index contributed by atoms with van der Waals surface area (Å²) in [5, 5.41) is 12.9. The molecule has 1 heterocycles. The molecule has 1 saturated heterocycles. The Hall–Kier alpha value is -0.970. The van der Waals surface area contributed by atoms with E-state index < -0.39 is 11.9 Å². The predicted molar refractivity (Wildman–Crippen MR) is 78.5 cm³/mol. The van der Waals surface area contributed by atoms with Crippen LogP contribution >= 0.6 is 11.8 Å². The van der Waals surface area contributed by atoms with Gasteiger partial charge in [-0.3, -0.25) is 9.59 Å². The lowest BCUT2D eigenvalue weighted by Crippen LogP contribution is -2.42. The molecule has 1 aliphatic heterocycles. The van der Waals surface area contributed by atoms with Crippen LogP contribution in [0.4, 0.5) is 0 Å². The summed E-state index contributed by atoms with van der Waals surface area (Å²) in [5.74, 6) is -0.415. The number of amides is 1. The van der Waals surface area contributed by atoms with Gasteiger partial charge in [0.1, 0.15) is 0 Å². The summed E-state index contributed by atoms with van der Waals surface area (Å²) in [6.07, 6.45) is 8.50. The van der Waals surface area contributed by atoms with Crippen molar-refractivity contribution in [2.75, 3.05) is 12.3 Å². The lowest BCUT2D eigenvalue weighted by atomic mass is 9.82. The van der Waals surface area contributed by atoms with Gasteiger partial charge in [-0.2, -0.15) is 11.8 Å². The van der Waals surface area contributed by atoms with Crippen molar-refractivity contribution in [3.63, 3.8) is 0 Å². The van der Waals surface area contributed by atoms with E-state index in [-0.39, 0.29) is 23.7 Å². The normalized spacial score (nSPS) is 38.9. The molecule has 0 radical (unpaired) electrons. The van der Waals surface area contributed by atoms with Crippen LogP contribution in [0.25, 0.3) is 0 Å². The van der Waals surface area contributed by atoms with Gasteiger partial charge in [0.05, 0.1) is 11.8 Å². The van der Waals surface area contributed by atoms with Crippen LogP contribution in [0.1, 0.15) is 25.7 Å². The lowest BCUT2D eigenvalue weighted by molar-refractivity contribution is -0.147. The Labute approximate surface area is 123 Å². The minimum atomic E-state index is -0.825. The highest BCUT2D eigenvalue weighted by Crippen LogP contribution is 2.48. The van der Waals surface area contributed by atoms with Gasteiger partial charge in [0, 0.05) is 11.8 Å². The zero-order valence-electron chi connectivity index (χ0n) is 11.5. The molecule has 5 atom stereocenters. The second-order valence-electron chi connectivity index (χ2n) is 6.07. The van der Waals surface area contributed by atoms with Gasteiger partial charge in [0.2, 0.25) is 5.91 Å². The fraction of sp³-hybridized carbons (Fsp3) is 0.733. The van der Waals surface area contributed by atoms with E-state index in [1.54, 1.807) is 0 Å². The quantitative estimate of drug-likeness (QED) is 0.778. The van der Waals surface area contributed by atoms with Crippen molar-refractivity contribution in [2.45, 2.75) is 30.9 Å². The number of carboxylic acids is 1. The number of carboxylic acid groups (broad SMARTS) is 1. The number of aliphatic carboxylic acids is 1. The Bertz CT molecular complexity index is 431. The molecule has 2 fully saturated rings. The molecule has 0 aromatic heterocycles. The highest BCUT2D eigenvalue weighted by atomic mass is 32.2. The molecule has 4 nitrogen and oxygen atoms in total. The number of allylic oxidation sites excluding steroid dienone is 2. The van der Waals surface area contributed by atoms with Crippen molar-refractivity contribution in [1.29, 1.82) is 0 Å². The first-order chi connectivity index (χ1) is 9.66. The van der Waals surface area contributed by atoms with Crippen molar-refractivity contribution >= 4 is 23.6 Å². The Balaban J connectivity index is 1.58. The van der Waals surface area contributed by atoms with Crippen LogP contribution in [0, 0.1) is 23.7 Å². The number of carbonyl (C=O) groups excluding carboxylic acids is 1. The van der Waals surface area contributed by atoms with Crippen molar-refractivity contribution in [2.24, 2.45) is 23.7 Å². The Morgan fingerprint density at radius 2 is 1.95 bits per heavy atom. The third kappa shape index (κ3) is 2.60. The molecule has 1 saturated carbocycles. The van der Waals surface area contributed by atoms with Gasteiger partial charge in [-0.25, -0.2) is 0 Å². The van der Waals surface area contributed by atoms with E-state index in [1.807, 2.05) is 23.9 Å². The molecule has 0 spiro atoms. The van der Waals surface area contributed by atoms with Gasteiger partial charge in [-0.05, 0) is 36.9 Å². The summed E-state index contributed by atoms with van der Waals surface area (Å²) in [6, 6.07) is 0. The smallest absolute Gasteiger partial charge is 0.307 e. The first-order valence-corrected chi connectivity index (χ1v) is 8.52. The molecule has 3 rings (SSSR count). The van der Waals surface area contributed by atoms with Crippen molar-refractivity contribution in [1.82, 2.24) is 5.32 Å². The molecule has 2 aliphatic carbocycles. The number of carbonyl (C=O) groups is 2. The first kappa shape index (κ1) is 14.0. The van der Waals surface area contributed by atoms with Crippen molar-refractivity contribution < 1.29 is 14.7 Å². The fourth-order valence-corrected chi connectivity index (χ4v) is 5.06. The van der Waals surface area contributed by atoms with Gasteiger partial charge in [-0.15, -0.1) is 0 Å². The largest absolute Gasteiger partial charge is 0.481 e. The van der Waals surface area contributed by atoms with E-state index in [2.05, 4.69) is 5.32 Å². The van der Waals surface area contributed by atoms with E-state index in [1.165, 1.54) is 18.6 Å². The molecule has 3 unspecified atom stereocenters. The topological polar surface area (TPSA) is 66.4 Å². The Morgan fingerprint density at radius 3 is 2.60 bits per heavy atom. The van der Waals surface area contributed by atoms with Crippen LogP contribution in [0.5, 0.6) is 0 Å². The van der Waals surface area contributed by atoms with E-state index in [9.17, 15) is 14.7 Å². The molecule has 0 aromatic rings. The molecule has 2 N–H and O–H groups in total. The molecule has 5 heteroatoms. The van der Waals surface area contributed by atoms with Gasteiger partial charge in [0.25, 0.3) is 0 Å². The SMILES string of the molecule is O=C(O)[C@@H]1C2C=CC(C2)[C@@H]1C(=O)NCC1CCCCS1. The summed E-state index contributed by atoms with van der Waals surface area (Å²) >= 11 is 1.93. The minimum absolute atomic E-state index is 0.0531. The Kier molecular flexibility index (Phi) is 4.06. The molecule has 20 heavy (non-hydrogen) atoms. The standard InChI is InChI=1S/C15H21NO3S/c17-14(16-8-11-3-1-2-6-20-11)12-9-4-5-10(7-9)13(12)15(18)19/h4-5,9-13H,1-3,6-8H2,(H,16,17)(H,18,19)/t9?,10?,11?,12-,13+/m0/s1. The van der Waals surface area contributed by atoms with E-state index in [4.69, 9.17) is 0 Å². The van der Waals surface area contributed by atoms with Crippen LogP contribution < -0.4 is 5.32 Å². The maximum absolute atomic E-state index is 12.4. The maximum atomic E-state index is 12.4. The summed E-state index contributed by atoms with van der Waals surface area (Å²) in [6.45, 7) is 0.688. The average molecular weight is 295 g/mol. The maximum Gasteiger partial charge on any atom is 0.307 e. The summed E-state index contributed by atoms with van der Waals surface area (Å²) in [4.78, 5) is 23.8. The van der Waals surface area contributed by atoms with E-state index in [0.29, 0.717) is 11.8 Å². The summed E-state index contributed by atoms with van der Waals surface area (Å²) < 4.78 is 0. The Morgan fingerprint density at radius 1 is 1.20 bits per heavy atom. The van der Waals surface area contributed by atoms with Crippen LogP contribution in [0.2, 0.25) is 0 Å². The number of fused-ring (bicyclic) bond motifs is 2. The van der Waals surface area contributed by atoms with Gasteiger partial charge in [0.15, 0.2) is 0 Å². The number of rotatable bonds is 4. The zero-order chi connectivity index (χ0) is 14.1.